The first-order chi connectivity index (χ1) is 6.00. The maximum absolute atomic E-state index is 8.88. The first-order valence-electron chi connectivity index (χ1n) is 2.35. The van der Waals surface area contributed by atoms with Gasteiger partial charge in [-0.2, -0.15) is 0 Å². The molecule has 0 aromatic carbocycles. The first kappa shape index (κ1) is 56.4. The Morgan fingerprint density at radius 1 is 0.381 bits per heavy atom. The van der Waals surface area contributed by atoms with Gasteiger partial charge in [0.2, 0.25) is 0 Å². The van der Waals surface area contributed by atoms with Crippen LogP contribution >= 0.6 is 23.5 Å². The monoisotopic (exact) mass is 522 g/mol. The van der Waals surface area contributed by atoms with E-state index in [1.165, 1.54) is 0 Å². The molecule has 0 saturated carbocycles. The predicted molar refractivity (Wildman–Crippen MR) is 89.1 cm³/mol. The maximum atomic E-state index is 8.88. The van der Waals surface area contributed by atoms with Crippen LogP contribution in [0, 0.1) is 0 Å². The van der Waals surface area contributed by atoms with E-state index in [1.807, 2.05) is 0 Å². The van der Waals surface area contributed by atoms with Crippen LogP contribution in [0.15, 0.2) is 0 Å². The number of hydrogen-bond donors (Lipinski definition) is 9. The van der Waals surface area contributed by atoms with E-state index in [9.17, 15) is 0 Å². The van der Waals surface area contributed by atoms with E-state index < -0.39 is 23.5 Å². The molecule has 0 radical (unpaired) electrons. The van der Waals surface area contributed by atoms with E-state index in [4.69, 9.17) is 57.7 Å². The Hall–Kier alpha value is 6.59. The molecule has 0 aliphatic carbocycles. The standard InChI is InChI=1S/5Ca.3H3O4P.H2O.10H/c;;;;;3*1-5(2,3)4;;;;;;;;;;;/h;;;;;3*(H3,1,2,3,4);1H2;;;;;;;;;;. The summed E-state index contributed by atoms with van der Waals surface area (Å²) in [6.07, 6.45) is 0. The van der Waals surface area contributed by atoms with Crippen LogP contribution in [0.5, 0.6) is 0 Å². The van der Waals surface area contributed by atoms with Crippen LogP contribution in [-0.4, -0.2) is 238 Å². The summed E-state index contributed by atoms with van der Waals surface area (Å²) in [7, 11) is -13.9. The zero-order chi connectivity index (χ0) is 13.5. The Kier molecular flexibility index (Phi) is 77.4. The minimum atomic E-state index is -4.64. The van der Waals surface area contributed by atoms with Crippen molar-refractivity contribution >= 4 is 212 Å². The molecule has 0 unspecified atom stereocenters. The fraction of sp³-hybridized carbons (Fsp3) is 0. The number of hydrogen-bond acceptors (Lipinski definition) is 3. The van der Waals surface area contributed by atoms with Crippen molar-refractivity contribution in [2.45, 2.75) is 0 Å². The predicted octanol–water partition coefficient (Wildman–Crippen LogP) is -8.19. The Morgan fingerprint density at radius 3 is 0.381 bits per heavy atom. The van der Waals surface area contributed by atoms with Crippen molar-refractivity contribution in [2.24, 2.45) is 0 Å². The van der Waals surface area contributed by atoms with Crippen LogP contribution < -0.4 is 0 Å². The van der Waals surface area contributed by atoms with E-state index >= 15 is 0 Å². The molecule has 124 valence electrons. The minimum absolute atomic E-state index is 0. The normalized spacial score (nSPS) is 8.43. The van der Waals surface area contributed by atoms with Gasteiger partial charge in [0.05, 0.1) is 0 Å². The molecule has 0 spiro atoms. The van der Waals surface area contributed by atoms with E-state index in [0.717, 1.165) is 0 Å². The van der Waals surface area contributed by atoms with Crippen molar-refractivity contribution in [2.75, 3.05) is 0 Å². The summed E-state index contributed by atoms with van der Waals surface area (Å²) in [4.78, 5) is 64.7. The van der Waals surface area contributed by atoms with Crippen LogP contribution in [-0.2, 0) is 13.7 Å². The summed E-state index contributed by atoms with van der Waals surface area (Å²) >= 11 is 0. The third-order valence-corrected chi connectivity index (χ3v) is 0. The van der Waals surface area contributed by atoms with Gasteiger partial charge in [-0.1, -0.05) is 0 Å². The van der Waals surface area contributed by atoms with Gasteiger partial charge in [0.25, 0.3) is 0 Å². The second kappa shape index (κ2) is 28.8. The quantitative estimate of drug-likeness (QED) is 0.106. The van der Waals surface area contributed by atoms with E-state index in [0.29, 0.717) is 0 Å². The molecule has 21 heteroatoms. The molecular formula is H21Ca5O13P3. The van der Waals surface area contributed by atoms with Crippen LogP contribution in [0.3, 0.4) is 0 Å². The molecule has 13 nitrogen and oxygen atoms in total. The van der Waals surface area contributed by atoms with Gasteiger partial charge >= 0.3 is 212 Å². The van der Waals surface area contributed by atoms with Crippen molar-refractivity contribution in [1.82, 2.24) is 0 Å². The summed E-state index contributed by atoms with van der Waals surface area (Å²) in [5, 5.41) is 0. The van der Waals surface area contributed by atoms with Crippen LogP contribution in [0.4, 0.5) is 0 Å². The molecule has 0 aromatic rings. The van der Waals surface area contributed by atoms with Gasteiger partial charge in [0.15, 0.2) is 0 Å². The topological polar surface area (TPSA) is 265 Å². The third kappa shape index (κ3) is 370. The SMILES string of the molecule is O.O=P(O)(O)O.O=P(O)(O)O.O=P(O)(O)O.[CaH2].[CaH2].[CaH2].[CaH2].[CaH2]. The Bertz CT molecular complexity index is 214. The van der Waals surface area contributed by atoms with Gasteiger partial charge in [-0.3, -0.25) is 0 Å². The summed E-state index contributed by atoms with van der Waals surface area (Å²) in [6, 6.07) is 0. The Morgan fingerprint density at radius 2 is 0.381 bits per heavy atom. The molecule has 0 atom stereocenters. The molecule has 0 saturated heterocycles. The third-order valence-electron chi connectivity index (χ3n) is 0. The zero-order valence-electron chi connectivity index (χ0n) is 7.09. The van der Waals surface area contributed by atoms with Crippen LogP contribution in [0.2, 0.25) is 0 Å². The number of phosphoric acid groups is 3. The second-order valence-corrected chi connectivity index (χ2v) is 4.62. The van der Waals surface area contributed by atoms with Gasteiger partial charge in [0, 0.05) is 0 Å². The van der Waals surface area contributed by atoms with Crippen molar-refractivity contribution in [3.05, 3.63) is 0 Å². The molecule has 0 bridgehead atoms. The van der Waals surface area contributed by atoms with Gasteiger partial charge in [-0.15, -0.1) is 0 Å². The van der Waals surface area contributed by atoms with Gasteiger partial charge in [-0.05, 0) is 0 Å². The van der Waals surface area contributed by atoms with Gasteiger partial charge < -0.3 is 49.5 Å². The Balaban J connectivity index is -0.0000000129. The molecule has 11 N–H and O–H groups in total. The van der Waals surface area contributed by atoms with E-state index in [1.54, 1.807) is 0 Å². The molecular weight excluding hydrogens is 501 g/mol. The molecule has 0 fully saturated rings. The zero-order valence-corrected chi connectivity index (χ0v) is 9.77. The van der Waals surface area contributed by atoms with E-state index in [-0.39, 0.29) is 194 Å². The summed E-state index contributed by atoms with van der Waals surface area (Å²) in [5.41, 5.74) is 0. The average molecular weight is 522 g/mol. The van der Waals surface area contributed by atoms with Crippen molar-refractivity contribution in [3.8, 4) is 0 Å². The fourth-order valence-corrected chi connectivity index (χ4v) is 0. The molecule has 21 heavy (non-hydrogen) atoms. The molecule has 0 heterocycles. The van der Waals surface area contributed by atoms with Crippen LogP contribution in [0.25, 0.3) is 0 Å². The molecule has 0 amide bonds. The van der Waals surface area contributed by atoms with Gasteiger partial charge in [0.1, 0.15) is 0 Å². The van der Waals surface area contributed by atoms with Crippen molar-refractivity contribution in [3.63, 3.8) is 0 Å². The molecule has 0 aliphatic heterocycles. The van der Waals surface area contributed by atoms with Gasteiger partial charge in [-0.25, -0.2) is 13.7 Å². The summed E-state index contributed by atoms with van der Waals surface area (Å²) < 4.78 is 26.6. The fourth-order valence-electron chi connectivity index (χ4n) is 0. The van der Waals surface area contributed by atoms with Crippen molar-refractivity contribution < 1.29 is 63.2 Å². The van der Waals surface area contributed by atoms with E-state index in [2.05, 4.69) is 0 Å². The molecule has 0 aromatic heterocycles. The Labute approximate surface area is 268 Å². The van der Waals surface area contributed by atoms with Crippen LogP contribution in [0.1, 0.15) is 0 Å². The molecule has 0 rings (SSSR count). The van der Waals surface area contributed by atoms with Crippen molar-refractivity contribution in [1.29, 1.82) is 0 Å². The summed E-state index contributed by atoms with van der Waals surface area (Å²) in [5.74, 6) is 0. The first-order valence-corrected chi connectivity index (χ1v) is 7.04. The second-order valence-electron chi connectivity index (χ2n) is 1.54. The molecule has 0 aliphatic rings. The average Bonchev–Trinajstić information content (AvgIpc) is 1.41. The summed E-state index contributed by atoms with van der Waals surface area (Å²) in [6.45, 7) is 0. The number of rotatable bonds is 0.